The molecule has 1 aromatic rings. The second-order valence-electron chi connectivity index (χ2n) is 4.11. The van der Waals surface area contributed by atoms with Crippen LogP contribution in [0.4, 0.5) is 0 Å². The van der Waals surface area contributed by atoms with Crippen molar-refractivity contribution in [2.45, 2.75) is 31.8 Å². The molecule has 94 valence electrons. The molecule has 0 radical (unpaired) electrons. The zero-order valence-corrected chi connectivity index (χ0v) is 9.29. The molecule has 3 N–H and O–H groups in total. The summed E-state index contributed by atoms with van der Waals surface area (Å²) in [4.78, 5) is 24.9. The maximum atomic E-state index is 11.6. The van der Waals surface area contributed by atoms with Gasteiger partial charge in [0.05, 0.1) is 12.7 Å². The SMILES string of the molecule is Cc1cn([C@@H]2O[C@@H](CO)C[C@H]2O)c(=O)[nH]c1=O. The van der Waals surface area contributed by atoms with Crippen molar-refractivity contribution in [3.05, 3.63) is 32.6 Å². The average Bonchev–Trinajstić information content (AvgIpc) is 2.65. The Morgan fingerprint density at radius 3 is 2.88 bits per heavy atom. The summed E-state index contributed by atoms with van der Waals surface area (Å²) < 4.78 is 6.46. The van der Waals surface area contributed by atoms with Gasteiger partial charge in [0.1, 0.15) is 6.10 Å². The van der Waals surface area contributed by atoms with Crippen molar-refractivity contribution in [3.8, 4) is 0 Å². The van der Waals surface area contributed by atoms with Crippen LogP contribution in [0.3, 0.4) is 0 Å². The zero-order valence-electron chi connectivity index (χ0n) is 9.29. The lowest BCUT2D eigenvalue weighted by Gasteiger charge is -2.17. The van der Waals surface area contributed by atoms with E-state index in [1.54, 1.807) is 6.92 Å². The Balaban J connectivity index is 2.38. The highest BCUT2D eigenvalue weighted by Crippen LogP contribution is 2.27. The minimum Gasteiger partial charge on any atom is -0.394 e. The summed E-state index contributed by atoms with van der Waals surface area (Å²) in [6.07, 6.45) is -0.639. The lowest BCUT2D eigenvalue weighted by Crippen LogP contribution is -2.36. The van der Waals surface area contributed by atoms with Crippen LogP contribution in [0, 0.1) is 6.92 Å². The summed E-state index contributed by atoms with van der Waals surface area (Å²) in [6, 6.07) is 0. The fraction of sp³-hybridized carbons (Fsp3) is 0.600. The van der Waals surface area contributed by atoms with E-state index in [-0.39, 0.29) is 13.0 Å². The van der Waals surface area contributed by atoms with Crippen molar-refractivity contribution in [3.63, 3.8) is 0 Å². The molecule has 17 heavy (non-hydrogen) atoms. The number of aryl methyl sites for hydroxylation is 1. The van der Waals surface area contributed by atoms with E-state index in [1.807, 2.05) is 0 Å². The Kier molecular flexibility index (Phi) is 3.14. The number of nitrogens with one attached hydrogen (secondary N) is 1. The molecule has 1 aliphatic heterocycles. The molecule has 2 rings (SSSR count). The van der Waals surface area contributed by atoms with Crippen molar-refractivity contribution in [2.24, 2.45) is 0 Å². The molecule has 3 atom stereocenters. The topological polar surface area (TPSA) is 105 Å². The summed E-state index contributed by atoms with van der Waals surface area (Å²) in [6.45, 7) is 1.34. The van der Waals surface area contributed by atoms with E-state index in [9.17, 15) is 14.7 Å². The van der Waals surface area contributed by atoms with Gasteiger partial charge in [0.2, 0.25) is 0 Å². The van der Waals surface area contributed by atoms with Crippen LogP contribution >= 0.6 is 0 Å². The number of aliphatic hydroxyl groups is 2. The van der Waals surface area contributed by atoms with Crippen LogP contribution in [0.2, 0.25) is 0 Å². The highest BCUT2D eigenvalue weighted by Gasteiger charge is 2.35. The van der Waals surface area contributed by atoms with Crippen LogP contribution in [0.15, 0.2) is 15.8 Å². The number of hydrogen-bond acceptors (Lipinski definition) is 5. The lowest BCUT2D eigenvalue weighted by atomic mass is 10.2. The maximum absolute atomic E-state index is 11.6. The fourth-order valence-corrected chi connectivity index (χ4v) is 1.87. The Hall–Kier alpha value is -1.44. The number of ether oxygens (including phenoxy) is 1. The molecule has 1 fully saturated rings. The van der Waals surface area contributed by atoms with Gasteiger partial charge in [0, 0.05) is 18.2 Å². The van der Waals surface area contributed by atoms with Gasteiger partial charge in [0.25, 0.3) is 5.56 Å². The molecule has 7 heteroatoms. The normalized spacial score (nSPS) is 28.5. The minimum absolute atomic E-state index is 0.218. The molecule has 0 saturated carbocycles. The number of H-pyrrole nitrogens is 1. The average molecular weight is 242 g/mol. The molecule has 0 spiro atoms. The maximum Gasteiger partial charge on any atom is 0.330 e. The third-order valence-electron chi connectivity index (χ3n) is 2.79. The minimum atomic E-state index is -0.879. The summed E-state index contributed by atoms with van der Waals surface area (Å²) in [5, 5.41) is 18.7. The molecular formula is C10H14N2O5. The Morgan fingerprint density at radius 1 is 1.59 bits per heavy atom. The monoisotopic (exact) mass is 242 g/mol. The molecule has 2 heterocycles. The van der Waals surface area contributed by atoms with E-state index in [1.165, 1.54) is 6.20 Å². The summed E-state index contributed by atoms with van der Waals surface area (Å²) in [7, 11) is 0. The number of aromatic amines is 1. The number of rotatable bonds is 2. The predicted molar refractivity (Wildman–Crippen MR) is 57.7 cm³/mol. The van der Waals surface area contributed by atoms with Gasteiger partial charge >= 0.3 is 5.69 Å². The first kappa shape index (κ1) is 12.0. The second kappa shape index (κ2) is 4.44. The molecule has 1 saturated heterocycles. The lowest BCUT2D eigenvalue weighted by molar-refractivity contribution is -0.0531. The quantitative estimate of drug-likeness (QED) is 0.584. The van der Waals surface area contributed by atoms with Gasteiger partial charge in [-0.15, -0.1) is 0 Å². The van der Waals surface area contributed by atoms with Gasteiger partial charge in [-0.05, 0) is 6.92 Å². The van der Waals surface area contributed by atoms with E-state index < -0.39 is 29.7 Å². The van der Waals surface area contributed by atoms with Crippen LogP contribution in [-0.2, 0) is 4.74 Å². The van der Waals surface area contributed by atoms with Gasteiger partial charge in [-0.1, -0.05) is 0 Å². The third-order valence-corrected chi connectivity index (χ3v) is 2.79. The molecule has 7 nitrogen and oxygen atoms in total. The molecule has 0 amide bonds. The zero-order chi connectivity index (χ0) is 12.6. The van der Waals surface area contributed by atoms with E-state index in [0.29, 0.717) is 5.56 Å². The van der Waals surface area contributed by atoms with E-state index in [2.05, 4.69) is 4.98 Å². The molecule has 0 aliphatic carbocycles. The van der Waals surface area contributed by atoms with E-state index in [4.69, 9.17) is 9.84 Å². The van der Waals surface area contributed by atoms with Crippen molar-refractivity contribution in [2.75, 3.05) is 6.61 Å². The van der Waals surface area contributed by atoms with Gasteiger partial charge in [0.15, 0.2) is 6.23 Å². The predicted octanol–water partition coefficient (Wildman–Crippen LogP) is -1.51. The number of nitrogens with zero attached hydrogens (tertiary/aromatic N) is 1. The summed E-state index contributed by atoms with van der Waals surface area (Å²) >= 11 is 0. The third kappa shape index (κ3) is 2.17. The summed E-state index contributed by atoms with van der Waals surface area (Å²) in [5.74, 6) is 0. The second-order valence-corrected chi connectivity index (χ2v) is 4.11. The largest absolute Gasteiger partial charge is 0.394 e. The molecule has 1 aliphatic rings. The van der Waals surface area contributed by atoms with Crippen molar-refractivity contribution >= 4 is 0 Å². The highest BCUT2D eigenvalue weighted by molar-refractivity contribution is 5.02. The van der Waals surface area contributed by atoms with Crippen molar-refractivity contribution in [1.29, 1.82) is 0 Å². The molecule has 0 unspecified atom stereocenters. The molecule has 1 aromatic heterocycles. The van der Waals surface area contributed by atoms with E-state index >= 15 is 0 Å². The summed E-state index contributed by atoms with van der Waals surface area (Å²) in [5.41, 5.74) is -0.742. The van der Waals surface area contributed by atoms with Crippen molar-refractivity contribution in [1.82, 2.24) is 9.55 Å². The van der Waals surface area contributed by atoms with Crippen LogP contribution < -0.4 is 11.2 Å². The molecule has 0 aromatic carbocycles. The van der Waals surface area contributed by atoms with Gasteiger partial charge in [-0.2, -0.15) is 0 Å². The fourth-order valence-electron chi connectivity index (χ4n) is 1.87. The smallest absolute Gasteiger partial charge is 0.330 e. The first-order valence-corrected chi connectivity index (χ1v) is 5.29. The first-order valence-electron chi connectivity index (χ1n) is 5.29. The number of aromatic nitrogens is 2. The van der Waals surface area contributed by atoms with Crippen LogP contribution in [0.1, 0.15) is 18.2 Å². The Bertz CT molecular complexity index is 520. The van der Waals surface area contributed by atoms with Gasteiger partial charge in [-0.3, -0.25) is 14.3 Å². The van der Waals surface area contributed by atoms with Crippen LogP contribution in [-0.4, -0.2) is 38.6 Å². The Labute approximate surface area is 96.3 Å². The number of hydrogen-bond donors (Lipinski definition) is 3. The molecular weight excluding hydrogens is 228 g/mol. The van der Waals surface area contributed by atoms with Crippen molar-refractivity contribution < 1.29 is 14.9 Å². The van der Waals surface area contributed by atoms with Crippen LogP contribution in [0.5, 0.6) is 0 Å². The number of aliphatic hydroxyl groups excluding tert-OH is 2. The first-order chi connectivity index (χ1) is 8.02. The van der Waals surface area contributed by atoms with E-state index in [0.717, 1.165) is 4.57 Å². The van der Waals surface area contributed by atoms with Crippen LogP contribution in [0.25, 0.3) is 0 Å². The van der Waals surface area contributed by atoms with Gasteiger partial charge in [-0.25, -0.2) is 4.79 Å². The standard InChI is InChI=1S/C10H14N2O5/c1-5-3-12(10(16)11-8(5)15)9-7(14)2-6(4-13)17-9/h3,6-7,9,13-14H,2,4H2,1H3,(H,11,15,16)/t6-,7-,9-/m1/s1. The Morgan fingerprint density at radius 2 is 2.29 bits per heavy atom. The highest BCUT2D eigenvalue weighted by atomic mass is 16.5. The van der Waals surface area contributed by atoms with Gasteiger partial charge < -0.3 is 14.9 Å². The molecule has 0 bridgehead atoms.